The largest absolute Gasteiger partial charge is 0.347 e. The average Bonchev–Trinajstić information content (AvgIpc) is 2.94. The van der Waals surface area contributed by atoms with Gasteiger partial charge >= 0.3 is 0 Å². The van der Waals surface area contributed by atoms with Gasteiger partial charge in [-0.25, -0.2) is 4.39 Å². The molecule has 0 radical (unpaired) electrons. The lowest BCUT2D eigenvalue weighted by molar-refractivity contribution is -0.128. The van der Waals surface area contributed by atoms with Crippen LogP contribution in [0.2, 0.25) is 0 Å². The third-order valence-electron chi connectivity index (χ3n) is 4.37. The zero-order valence-corrected chi connectivity index (χ0v) is 14.4. The fourth-order valence-electron chi connectivity index (χ4n) is 3.00. The zero-order valence-electron chi connectivity index (χ0n) is 14.4. The molecule has 2 aromatic carbocycles. The zero-order chi connectivity index (χ0) is 18.7. The molecular weight excluding hydrogens is 335 g/mol. The van der Waals surface area contributed by atoms with Crippen LogP contribution in [0.3, 0.4) is 0 Å². The fraction of sp³-hybridized carbons (Fsp3) is 0.250. The number of carbonyl (C=O) groups excluding carboxylic acids is 3. The van der Waals surface area contributed by atoms with Crippen LogP contribution in [0.5, 0.6) is 0 Å². The molecule has 0 aliphatic carbocycles. The van der Waals surface area contributed by atoms with Crippen molar-refractivity contribution in [1.82, 2.24) is 10.2 Å². The van der Waals surface area contributed by atoms with E-state index in [4.69, 9.17) is 0 Å². The van der Waals surface area contributed by atoms with Gasteiger partial charge < -0.3 is 10.2 Å². The summed E-state index contributed by atoms with van der Waals surface area (Å²) >= 11 is 0. The number of hydrogen-bond acceptors (Lipinski definition) is 3. The van der Waals surface area contributed by atoms with Crippen molar-refractivity contribution in [2.75, 3.05) is 6.54 Å². The van der Waals surface area contributed by atoms with Crippen molar-refractivity contribution in [3.8, 4) is 0 Å². The summed E-state index contributed by atoms with van der Waals surface area (Å²) in [6, 6.07) is 12.2. The first-order valence-electron chi connectivity index (χ1n) is 8.36. The van der Waals surface area contributed by atoms with Crippen molar-refractivity contribution in [1.29, 1.82) is 0 Å². The molecule has 1 fully saturated rings. The van der Waals surface area contributed by atoms with Gasteiger partial charge in [-0.05, 0) is 36.8 Å². The molecule has 6 heteroatoms. The van der Waals surface area contributed by atoms with E-state index in [1.54, 1.807) is 41.3 Å². The van der Waals surface area contributed by atoms with E-state index in [9.17, 15) is 18.8 Å². The predicted octanol–water partition coefficient (Wildman–Crippen LogP) is 2.56. The van der Waals surface area contributed by atoms with Gasteiger partial charge in [0.1, 0.15) is 5.82 Å². The standard InChI is InChI=1S/C20H19FN2O3/c1-13(24)15-5-7-16(8-6-15)20(26)22-18-10-19(25)23(12-18)11-14-3-2-4-17(21)9-14/h2-9,18H,10-12H2,1H3,(H,22,26)/t18-/m0/s1. The first-order valence-corrected chi connectivity index (χ1v) is 8.36. The van der Waals surface area contributed by atoms with Crippen LogP contribution in [-0.2, 0) is 11.3 Å². The Morgan fingerprint density at radius 1 is 1.15 bits per heavy atom. The molecule has 0 unspecified atom stereocenters. The topological polar surface area (TPSA) is 66.5 Å². The molecule has 0 aromatic heterocycles. The maximum atomic E-state index is 13.3. The molecular formula is C20H19FN2O3. The van der Waals surface area contributed by atoms with Gasteiger partial charge in [0.05, 0.1) is 6.04 Å². The van der Waals surface area contributed by atoms with Crippen LogP contribution in [0.1, 0.15) is 39.6 Å². The molecule has 3 rings (SSSR count). The SMILES string of the molecule is CC(=O)c1ccc(C(=O)N[C@H]2CC(=O)N(Cc3cccc(F)c3)C2)cc1. The van der Waals surface area contributed by atoms with Crippen LogP contribution >= 0.6 is 0 Å². The second-order valence-corrected chi connectivity index (χ2v) is 6.41. The number of rotatable bonds is 5. The van der Waals surface area contributed by atoms with Crippen molar-refractivity contribution in [3.63, 3.8) is 0 Å². The lowest BCUT2D eigenvalue weighted by atomic mass is 10.1. The third kappa shape index (κ3) is 4.14. The van der Waals surface area contributed by atoms with Crippen LogP contribution in [0, 0.1) is 5.82 Å². The summed E-state index contributed by atoms with van der Waals surface area (Å²) in [5, 5.41) is 2.84. The Morgan fingerprint density at radius 3 is 2.50 bits per heavy atom. The average molecular weight is 354 g/mol. The summed E-state index contributed by atoms with van der Waals surface area (Å²) < 4.78 is 13.3. The van der Waals surface area contributed by atoms with E-state index >= 15 is 0 Å². The molecule has 5 nitrogen and oxygen atoms in total. The lowest BCUT2D eigenvalue weighted by Crippen LogP contribution is -2.37. The summed E-state index contributed by atoms with van der Waals surface area (Å²) in [5.74, 6) is -0.767. The number of likely N-dealkylation sites (tertiary alicyclic amines) is 1. The molecule has 1 atom stereocenters. The fourth-order valence-corrected chi connectivity index (χ4v) is 3.00. The van der Waals surface area contributed by atoms with Crippen LogP contribution in [0.4, 0.5) is 4.39 Å². The highest BCUT2D eigenvalue weighted by molar-refractivity contribution is 5.98. The molecule has 1 aliphatic rings. The Morgan fingerprint density at radius 2 is 1.85 bits per heavy atom. The highest BCUT2D eigenvalue weighted by Crippen LogP contribution is 2.16. The van der Waals surface area contributed by atoms with Crippen molar-refractivity contribution in [2.45, 2.75) is 25.9 Å². The first kappa shape index (κ1) is 17.8. The summed E-state index contributed by atoms with van der Waals surface area (Å²) in [6.07, 6.45) is 0.215. The molecule has 2 aromatic rings. The van der Waals surface area contributed by atoms with Crippen LogP contribution in [0.15, 0.2) is 48.5 Å². The quantitative estimate of drug-likeness (QED) is 0.839. The van der Waals surface area contributed by atoms with Crippen LogP contribution < -0.4 is 5.32 Å². The minimum Gasteiger partial charge on any atom is -0.347 e. The van der Waals surface area contributed by atoms with Crippen LogP contribution in [0.25, 0.3) is 0 Å². The minimum atomic E-state index is -0.340. The Hall–Kier alpha value is -3.02. The summed E-state index contributed by atoms with van der Waals surface area (Å²) in [4.78, 5) is 37.4. The number of halogens is 1. The number of amides is 2. The molecule has 2 amide bonds. The molecule has 1 heterocycles. The van der Waals surface area contributed by atoms with E-state index in [2.05, 4.69) is 5.32 Å². The number of hydrogen-bond donors (Lipinski definition) is 1. The molecule has 0 bridgehead atoms. The molecule has 134 valence electrons. The van der Waals surface area contributed by atoms with Crippen molar-refractivity contribution in [2.24, 2.45) is 0 Å². The van der Waals surface area contributed by atoms with Crippen LogP contribution in [-0.4, -0.2) is 35.1 Å². The van der Waals surface area contributed by atoms with Gasteiger partial charge in [0, 0.05) is 30.6 Å². The minimum absolute atomic E-state index is 0.0636. The Kier molecular flexibility index (Phi) is 5.11. The van der Waals surface area contributed by atoms with Crippen molar-refractivity contribution in [3.05, 3.63) is 71.0 Å². The maximum Gasteiger partial charge on any atom is 0.251 e. The maximum absolute atomic E-state index is 13.3. The van der Waals surface area contributed by atoms with Gasteiger partial charge in [0.2, 0.25) is 5.91 Å². The highest BCUT2D eigenvalue weighted by Gasteiger charge is 2.30. The Bertz CT molecular complexity index is 848. The highest BCUT2D eigenvalue weighted by atomic mass is 19.1. The molecule has 1 saturated heterocycles. The molecule has 1 N–H and O–H groups in total. The normalized spacial score (nSPS) is 16.6. The van der Waals surface area contributed by atoms with E-state index in [1.165, 1.54) is 19.1 Å². The smallest absolute Gasteiger partial charge is 0.251 e. The van der Waals surface area contributed by atoms with Gasteiger partial charge in [-0.2, -0.15) is 0 Å². The molecule has 0 saturated carbocycles. The lowest BCUT2D eigenvalue weighted by Gasteiger charge is -2.17. The first-order chi connectivity index (χ1) is 12.4. The number of nitrogens with one attached hydrogen (secondary N) is 1. The Labute approximate surface area is 150 Å². The third-order valence-corrected chi connectivity index (χ3v) is 4.37. The second-order valence-electron chi connectivity index (χ2n) is 6.41. The van der Waals surface area contributed by atoms with E-state index in [1.807, 2.05) is 0 Å². The monoisotopic (exact) mass is 354 g/mol. The van der Waals surface area contributed by atoms with Crippen molar-refractivity contribution < 1.29 is 18.8 Å². The predicted molar refractivity (Wildman–Crippen MR) is 94.1 cm³/mol. The number of ketones is 1. The number of Topliss-reactive ketones (excluding diaryl/α,β-unsaturated/α-hetero) is 1. The van der Waals surface area contributed by atoms with E-state index in [-0.39, 0.29) is 35.9 Å². The second kappa shape index (κ2) is 7.47. The molecule has 0 spiro atoms. The number of carbonyl (C=O) groups is 3. The summed E-state index contributed by atoms with van der Waals surface area (Å²) in [7, 11) is 0. The van der Waals surface area contributed by atoms with E-state index < -0.39 is 0 Å². The van der Waals surface area contributed by atoms with Gasteiger partial charge in [0.25, 0.3) is 5.91 Å². The van der Waals surface area contributed by atoms with Crippen molar-refractivity contribution >= 4 is 17.6 Å². The number of benzene rings is 2. The van der Waals surface area contributed by atoms with E-state index in [0.717, 1.165) is 0 Å². The summed E-state index contributed by atoms with van der Waals surface area (Å²) in [5.41, 5.74) is 1.69. The van der Waals surface area contributed by atoms with Gasteiger partial charge in [-0.15, -0.1) is 0 Å². The summed E-state index contributed by atoms with van der Waals surface area (Å²) in [6.45, 7) is 2.16. The van der Waals surface area contributed by atoms with E-state index in [0.29, 0.717) is 29.8 Å². The van der Waals surface area contributed by atoms with Gasteiger partial charge in [0.15, 0.2) is 5.78 Å². The van der Waals surface area contributed by atoms with Gasteiger partial charge in [-0.3, -0.25) is 14.4 Å². The number of nitrogens with zero attached hydrogens (tertiary/aromatic N) is 1. The molecule has 26 heavy (non-hydrogen) atoms. The van der Waals surface area contributed by atoms with Gasteiger partial charge in [-0.1, -0.05) is 24.3 Å². The molecule has 1 aliphatic heterocycles. The Balaban J connectivity index is 1.60.